The highest BCUT2D eigenvalue weighted by atomic mass is 32.1. The van der Waals surface area contributed by atoms with Gasteiger partial charge in [0.2, 0.25) is 0 Å². The van der Waals surface area contributed by atoms with Crippen LogP contribution in [-0.2, 0) is 4.74 Å². The molecule has 1 rings (SSSR count). The average molecular weight is 196 g/mol. The summed E-state index contributed by atoms with van der Waals surface area (Å²) in [5, 5.41) is 35.3. The SMILES string of the molecule is OC[C@H]1OC(O)[C@H](O)[C@@H](S)[C@H]1O. The van der Waals surface area contributed by atoms with Gasteiger partial charge in [0, 0.05) is 0 Å². The average Bonchev–Trinajstić information content (AvgIpc) is 2.08. The Balaban J connectivity index is 2.63. The van der Waals surface area contributed by atoms with Gasteiger partial charge in [-0.15, -0.1) is 0 Å². The maximum atomic E-state index is 9.29. The Morgan fingerprint density at radius 3 is 2.25 bits per heavy atom. The lowest BCUT2D eigenvalue weighted by Gasteiger charge is -2.37. The Morgan fingerprint density at radius 1 is 1.17 bits per heavy atom. The van der Waals surface area contributed by atoms with Gasteiger partial charge in [-0.05, 0) is 0 Å². The van der Waals surface area contributed by atoms with Crippen molar-refractivity contribution in [2.45, 2.75) is 29.9 Å². The molecule has 0 aromatic carbocycles. The van der Waals surface area contributed by atoms with E-state index in [2.05, 4.69) is 17.4 Å². The lowest BCUT2D eigenvalue weighted by molar-refractivity contribution is -0.247. The van der Waals surface area contributed by atoms with Crippen molar-refractivity contribution < 1.29 is 25.2 Å². The highest BCUT2D eigenvalue weighted by Crippen LogP contribution is 2.23. The van der Waals surface area contributed by atoms with Crippen molar-refractivity contribution in [1.29, 1.82) is 0 Å². The molecule has 5 atom stereocenters. The fraction of sp³-hybridized carbons (Fsp3) is 1.00. The molecule has 4 N–H and O–H groups in total. The predicted octanol–water partition coefficient (Wildman–Crippen LogP) is -2.28. The maximum Gasteiger partial charge on any atom is 0.182 e. The molecule has 5 nitrogen and oxygen atoms in total. The second-order valence-electron chi connectivity index (χ2n) is 2.72. The van der Waals surface area contributed by atoms with Gasteiger partial charge in [0.25, 0.3) is 0 Å². The third kappa shape index (κ3) is 1.73. The van der Waals surface area contributed by atoms with Crippen LogP contribution in [0.2, 0.25) is 0 Å². The van der Waals surface area contributed by atoms with Gasteiger partial charge in [-0.25, -0.2) is 0 Å². The minimum atomic E-state index is -1.40. The molecule has 0 spiro atoms. The summed E-state index contributed by atoms with van der Waals surface area (Å²) >= 11 is 3.87. The van der Waals surface area contributed by atoms with Crippen molar-refractivity contribution in [3.63, 3.8) is 0 Å². The molecule has 1 heterocycles. The van der Waals surface area contributed by atoms with E-state index in [-0.39, 0.29) is 0 Å². The number of ether oxygens (including phenoxy) is 1. The normalized spacial score (nSPS) is 49.2. The van der Waals surface area contributed by atoms with Crippen molar-refractivity contribution in [2.75, 3.05) is 6.61 Å². The van der Waals surface area contributed by atoms with Crippen LogP contribution in [0.4, 0.5) is 0 Å². The van der Waals surface area contributed by atoms with Crippen LogP contribution in [0.25, 0.3) is 0 Å². The monoisotopic (exact) mass is 196 g/mol. The highest BCUT2D eigenvalue weighted by Gasteiger charge is 2.41. The Kier molecular flexibility index (Phi) is 3.33. The molecule has 1 unspecified atom stereocenters. The standard InChI is InChI=1S/C6H12O5S/c7-1-2-3(8)5(12)4(9)6(10)11-2/h2-10,12H,1H2/t2-,3+,4-,5+,6?/m1/s1. The fourth-order valence-electron chi connectivity index (χ4n) is 1.08. The molecular formula is C6H12O5S. The minimum Gasteiger partial charge on any atom is -0.394 e. The number of aliphatic hydroxyl groups is 4. The molecule has 6 heteroatoms. The lowest BCUT2D eigenvalue weighted by Crippen LogP contribution is -2.56. The first-order valence-corrected chi connectivity index (χ1v) is 4.08. The van der Waals surface area contributed by atoms with Crippen molar-refractivity contribution in [3.8, 4) is 0 Å². The van der Waals surface area contributed by atoms with E-state index in [1.54, 1.807) is 0 Å². The largest absolute Gasteiger partial charge is 0.394 e. The van der Waals surface area contributed by atoms with E-state index in [4.69, 9.17) is 15.3 Å². The van der Waals surface area contributed by atoms with Crippen LogP contribution >= 0.6 is 12.6 Å². The summed E-state index contributed by atoms with van der Waals surface area (Å²) in [4.78, 5) is 0. The molecule has 0 aliphatic carbocycles. The van der Waals surface area contributed by atoms with Gasteiger partial charge < -0.3 is 25.2 Å². The van der Waals surface area contributed by atoms with Crippen molar-refractivity contribution in [3.05, 3.63) is 0 Å². The number of hydrogen-bond donors (Lipinski definition) is 5. The third-order valence-corrected chi connectivity index (χ3v) is 2.48. The Bertz CT molecular complexity index is 150. The van der Waals surface area contributed by atoms with E-state index in [9.17, 15) is 5.11 Å². The molecule has 0 aromatic rings. The Morgan fingerprint density at radius 2 is 1.75 bits per heavy atom. The molecule has 12 heavy (non-hydrogen) atoms. The number of hydrogen-bond acceptors (Lipinski definition) is 6. The Hall–Kier alpha value is 0.150. The second-order valence-corrected chi connectivity index (χ2v) is 3.32. The summed E-state index contributed by atoms with van der Waals surface area (Å²) < 4.78 is 4.69. The summed E-state index contributed by atoms with van der Waals surface area (Å²) in [5.41, 5.74) is 0. The molecule has 1 aliphatic rings. The van der Waals surface area contributed by atoms with Gasteiger partial charge in [-0.1, -0.05) is 0 Å². The molecule has 0 bridgehead atoms. The van der Waals surface area contributed by atoms with E-state index in [1.807, 2.05) is 0 Å². The zero-order chi connectivity index (χ0) is 9.30. The lowest BCUT2D eigenvalue weighted by atomic mass is 10.0. The molecule has 1 saturated heterocycles. The van der Waals surface area contributed by atoms with Gasteiger partial charge in [-0.3, -0.25) is 0 Å². The first kappa shape index (κ1) is 10.2. The number of rotatable bonds is 1. The molecule has 72 valence electrons. The van der Waals surface area contributed by atoms with Gasteiger partial charge in [0.15, 0.2) is 6.29 Å². The summed E-state index contributed by atoms with van der Waals surface area (Å²) in [7, 11) is 0. The van der Waals surface area contributed by atoms with Crippen LogP contribution in [-0.4, -0.2) is 56.9 Å². The number of aliphatic hydroxyl groups excluding tert-OH is 4. The molecule has 0 saturated carbocycles. The number of thiol groups is 1. The second kappa shape index (κ2) is 3.91. The smallest absolute Gasteiger partial charge is 0.182 e. The van der Waals surface area contributed by atoms with Gasteiger partial charge in [0.05, 0.1) is 18.0 Å². The zero-order valence-electron chi connectivity index (χ0n) is 6.24. The van der Waals surface area contributed by atoms with Crippen molar-refractivity contribution in [2.24, 2.45) is 0 Å². The van der Waals surface area contributed by atoms with Crippen molar-refractivity contribution in [1.82, 2.24) is 0 Å². The summed E-state index contributed by atoms with van der Waals surface area (Å²) in [5.74, 6) is 0. The summed E-state index contributed by atoms with van der Waals surface area (Å²) in [6, 6.07) is 0. The molecule has 0 aromatic heterocycles. The Labute approximate surface area is 75.0 Å². The van der Waals surface area contributed by atoms with E-state index in [0.717, 1.165) is 0 Å². The van der Waals surface area contributed by atoms with Crippen LogP contribution in [0.5, 0.6) is 0 Å². The van der Waals surface area contributed by atoms with Crippen LogP contribution in [0, 0.1) is 0 Å². The van der Waals surface area contributed by atoms with E-state index < -0.39 is 36.5 Å². The zero-order valence-corrected chi connectivity index (χ0v) is 7.13. The molecule has 1 aliphatic heterocycles. The van der Waals surface area contributed by atoms with E-state index in [1.165, 1.54) is 0 Å². The fourth-order valence-corrected chi connectivity index (χ4v) is 1.42. The van der Waals surface area contributed by atoms with Gasteiger partial charge in [-0.2, -0.15) is 12.6 Å². The molecule has 1 fully saturated rings. The van der Waals surface area contributed by atoms with Crippen LogP contribution in [0.1, 0.15) is 0 Å². The molecular weight excluding hydrogens is 184 g/mol. The quantitative estimate of drug-likeness (QED) is 0.305. The van der Waals surface area contributed by atoms with Crippen LogP contribution in [0.3, 0.4) is 0 Å². The van der Waals surface area contributed by atoms with Gasteiger partial charge in [0.1, 0.15) is 12.2 Å². The summed E-state index contributed by atoms with van der Waals surface area (Å²) in [6.45, 7) is -0.415. The topological polar surface area (TPSA) is 90.2 Å². The first-order chi connectivity index (χ1) is 5.57. The minimum absolute atomic E-state index is 0.415. The van der Waals surface area contributed by atoms with Crippen molar-refractivity contribution >= 4 is 12.6 Å². The van der Waals surface area contributed by atoms with E-state index in [0.29, 0.717) is 0 Å². The molecule has 0 amide bonds. The first-order valence-electron chi connectivity index (χ1n) is 3.56. The third-order valence-electron chi connectivity index (χ3n) is 1.87. The summed E-state index contributed by atoms with van der Waals surface area (Å²) in [6.07, 6.45) is -4.58. The highest BCUT2D eigenvalue weighted by molar-refractivity contribution is 7.81. The predicted molar refractivity (Wildman–Crippen MR) is 42.8 cm³/mol. The van der Waals surface area contributed by atoms with Crippen LogP contribution < -0.4 is 0 Å². The maximum absolute atomic E-state index is 9.29. The van der Waals surface area contributed by atoms with Gasteiger partial charge >= 0.3 is 0 Å². The van der Waals surface area contributed by atoms with E-state index >= 15 is 0 Å². The van der Waals surface area contributed by atoms with Crippen LogP contribution in [0.15, 0.2) is 0 Å². The molecule has 0 radical (unpaired) electrons.